The Morgan fingerprint density at radius 2 is 2.10 bits per heavy atom. The van der Waals surface area contributed by atoms with Crippen molar-refractivity contribution in [1.29, 1.82) is 0 Å². The highest BCUT2D eigenvalue weighted by atomic mass is 19.1. The largest absolute Gasteiger partial charge is 0.396 e. The van der Waals surface area contributed by atoms with Crippen LogP contribution in [-0.4, -0.2) is 23.7 Å². The van der Waals surface area contributed by atoms with Crippen LogP contribution in [0.3, 0.4) is 0 Å². The van der Waals surface area contributed by atoms with Crippen LogP contribution < -0.4 is 5.32 Å². The van der Waals surface area contributed by atoms with E-state index in [1.54, 1.807) is 25.1 Å². The number of carbonyl (C=O) groups is 1. The smallest absolute Gasteiger partial charge is 0.227 e. The minimum Gasteiger partial charge on any atom is -0.396 e. The zero-order valence-electron chi connectivity index (χ0n) is 12.3. The molecule has 5 unspecified atom stereocenters. The molecule has 0 spiro atoms. The number of fused-ring (bicyclic) bond motifs is 2. The second kappa shape index (κ2) is 5.76. The molecule has 1 aromatic rings. The van der Waals surface area contributed by atoms with Crippen molar-refractivity contribution >= 4 is 5.91 Å². The molecule has 4 heteroatoms. The van der Waals surface area contributed by atoms with Crippen LogP contribution in [0.25, 0.3) is 0 Å². The quantitative estimate of drug-likeness (QED) is 0.895. The Bertz CT molecular complexity index is 533. The van der Waals surface area contributed by atoms with Crippen molar-refractivity contribution in [2.45, 2.75) is 38.1 Å². The number of aliphatic hydroxyl groups is 1. The summed E-state index contributed by atoms with van der Waals surface area (Å²) in [6.07, 6.45) is 3.38. The SMILES string of the molecule is CC(C(=O)NC1C2CCC(C2)C1CO)c1ccccc1F. The maximum atomic E-state index is 13.8. The van der Waals surface area contributed by atoms with Gasteiger partial charge in [-0.15, -0.1) is 0 Å². The van der Waals surface area contributed by atoms with Gasteiger partial charge in [0.1, 0.15) is 5.82 Å². The Morgan fingerprint density at radius 1 is 1.38 bits per heavy atom. The van der Waals surface area contributed by atoms with Gasteiger partial charge in [-0.1, -0.05) is 18.2 Å². The van der Waals surface area contributed by atoms with Crippen molar-refractivity contribution < 1.29 is 14.3 Å². The third-order valence-electron chi connectivity index (χ3n) is 5.37. The number of benzene rings is 1. The van der Waals surface area contributed by atoms with Gasteiger partial charge in [-0.05, 0) is 49.7 Å². The van der Waals surface area contributed by atoms with E-state index in [2.05, 4.69) is 5.32 Å². The summed E-state index contributed by atoms with van der Waals surface area (Å²) in [6, 6.07) is 6.46. The standard InChI is InChI=1S/C17H22FNO2/c1-10(13-4-2-3-5-15(13)18)17(21)19-16-12-7-6-11(8-12)14(16)9-20/h2-5,10-12,14,16,20H,6-9H2,1H3,(H,19,21). The van der Waals surface area contributed by atoms with Crippen molar-refractivity contribution in [3.8, 4) is 0 Å². The number of rotatable bonds is 4. The fourth-order valence-electron chi connectivity index (χ4n) is 4.15. The number of hydrogen-bond acceptors (Lipinski definition) is 2. The van der Waals surface area contributed by atoms with Crippen molar-refractivity contribution in [3.63, 3.8) is 0 Å². The van der Waals surface area contributed by atoms with Gasteiger partial charge in [0.15, 0.2) is 0 Å². The molecule has 114 valence electrons. The lowest BCUT2D eigenvalue weighted by molar-refractivity contribution is -0.123. The van der Waals surface area contributed by atoms with Crippen LogP contribution in [0, 0.1) is 23.6 Å². The summed E-state index contributed by atoms with van der Waals surface area (Å²) in [7, 11) is 0. The zero-order valence-corrected chi connectivity index (χ0v) is 12.3. The summed E-state index contributed by atoms with van der Waals surface area (Å²) in [5, 5.41) is 12.6. The van der Waals surface area contributed by atoms with Crippen LogP contribution in [0.4, 0.5) is 4.39 Å². The lowest BCUT2D eigenvalue weighted by Crippen LogP contribution is -2.46. The molecule has 1 aromatic carbocycles. The lowest BCUT2D eigenvalue weighted by Gasteiger charge is -2.31. The third-order valence-corrected chi connectivity index (χ3v) is 5.37. The normalized spacial score (nSPS) is 32.1. The number of carbonyl (C=O) groups excluding carboxylic acids is 1. The van der Waals surface area contributed by atoms with E-state index in [9.17, 15) is 14.3 Å². The molecule has 2 saturated carbocycles. The summed E-state index contributed by atoms with van der Waals surface area (Å²) in [5.41, 5.74) is 0.429. The van der Waals surface area contributed by atoms with E-state index in [0.717, 1.165) is 19.3 Å². The second-order valence-electron chi connectivity index (χ2n) is 6.46. The van der Waals surface area contributed by atoms with Gasteiger partial charge in [-0.25, -0.2) is 4.39 Å². The summed E-state index contributed by atoms with van der Waals surface area (Å²) in [4.78, 5) is 12.4. The number of nitrogens with one attached hydrogen (secondary N) is 1. The first-order valence-electron chi connectivity index (χ1n) is 7.77. The Kier molecular flexibility index (Phi) is 3.98. The van der Waals surface area contributed by atoms with Crippen LogP contribution in [0.1, 0.15) is 37.7 Å². The van der Waals surface area contributed by atoms with Gasteiger partial charge in [0.25, 0.3) is 0 Å². The molecule has 5 atom stereocenters. The van der Waals surface area contributed by atoms with Crippen LogP contribution in [-0.2, 0) is 4.79 Å². The molecule has 2 aliphatic rings. The first-order valence-corrected chi connectivity index (χ1v) is 7.77. The molecule has 0 radical (unpaired) electrons. The van der Waals surface area contributed by atoms with Crippen LogP contribution >= 0.6 is 0 Å². The van der Waals surface area contributed by atoms with E-state index in [4.69, 9.17) is 0 Å². The van der Waals surface area contributed by atoms with Gasteiger partial charge in [0, 0.05) is 18.6 Å². The molecule has 3 rings (SSSR count). The highest BCUT2D eigenvalue weighted by Gasteiger charge is 2.47. The van der Waals surface area contributed by atoms with E-state index in [1.165, 1.54) is 6.07 Å². The van der Waals surface area contributed by atoms with Crippen molar-refractivity contribution in [2.75, 3.05) is 6.61 Å². The van der Waals surface area contributed by atoms with Gasteiger partial charge >= 0.3 is 0 Å². The number of hydrogen-bond donors (Lipinski definition) is 2. The molecule has 0 saturated heterocycles. The molecule has 2 fully saturated rings. The molecule has 2 aliphatic carbocycles. The maximum Gasteiger partial charge on any atom is 0.227 e. The van der Waals surface area contributed by atoms with Crippen molar-refractivity contribution in [2.24, 2.45) is 17.8 Å². The minimum absolute atomic E-state index is 0.0514. The second-order valence-corrected chi connectivity index (χ2v) is 6.46. The first-order chi connectivity index (χ1) is 10.1. The van der Waals surface area contributed by atoms with E-state index < -0.39 is 5.92 Å². The fraction of sp³-hybridized carbons (Fsp3) is 0.588. The molecule has 1 amide bonds. The average Bonchev–Trinajstić information content (AvgIpc) is 3.08. The van der Waals surface area contributed by atoms with Gasteiger partial charge in [-0.2, -0.15) is 0 Å². The lowest BCUT2D eigenvalue weighted by atomic mass is 9.84. The van der Waals surface area contributed by atoms with Gasteiger partial charge in [0.2, 0.25) is 5.91 Å². The number of halogens is 1. The predicted octanol–water partition coefficient (Wildman–Crippen LogP) is 2.45. The van der Waals surface area contributed by atoms with Crippen LogP contribution in [0.2, 0.25) is 0 Å². The zero-order chi connectivity index (χ0) is 15.0. The molecule has 21 heavy (non-hydrogen) atoms. The molecule has 3 nitrogen and oxygen atoms in total. The molecular formula is C17H22FNO2. The van der Waals surface area contributed by atoms with Crippen molar-refractivity contribution in [3.05, 3.63) is 35.6 Å². The van der Waals surface area contributed by atoms with Crippen LogP contribution in [0.15, 0.2) is 24.3 Å². The highest BCUT2D eigenvalue weighted by Crippen LogP contribution is 2.48. The summed E-state index contributed by atoms with van der Waals surface area (Å²) in [6.45, 7) is 1.86. The average molecular weight is 291 g/mol. The summed E-state index contributed by atoms with van der Waals surface area (Å²) < 4.78 is 13.8. The third kappa shape index (κ3) is 2.57. The number of amides is 1. The number of aliphatic hydroxyl groups excluding tert-OH is 1. The monoisotopic (exact) mass is 291 g/mol. The van der Waals surface area contributed by atoms with Crippen LogP contribution in [0.5, 0.6) is 0 Å². The Morgan fingerprint density at radius 3 is 2.81 bits per heavy atom. The molecule has 2 N–H and O–H groups in total. The highest BCUT2D eigenvalue weighted by molar-refractivity contribution is 5.83. The van der Waals surface area contributed by atoms with Gasteiger partial charge in [-0.3, -0.25) is 4.79 Å². The molecule has 0 heterocycles. The first kappa shape index (κ1) is 14.5. The minimum atomic E-state index is -0.510. The predicted molar refractivity (Wildman–Crippen MR) is 78.2 cm³/mol. The summed E-state index contributed by atoms with van der Waals surface area (Å²) in [5.74, 6) is 0.186. The topological polar surface area (TPSA) is 49.3 Å². The molecule has 2 bridgehead atoms. The van der Waals surface area contributed by atoms with Crippen molar-refractivity contribution in [1.82, 2.24) is 5.32 Å². The molecule has 0 aliphatic heterocycles. The fourth-order valence-corrected chi connectivity index (χ4v) is 4.15. The van der Waals surface area contributed by atoms with E-state index in [1.807, 2.05) is 0 Å². The molecular weight excluding hydrogens is 269 g/mol. The maximum absolute atomic E-state index is 13.8. The summed E-state index contributed by atoms with van der Waals surface area (Å²) >= 11 is 0. The Labute approximate surface area is 124 Å². The Hall–Kier alpha value is -1.42. The van der Waals surface area contributed by atoms with Gasteiger partial charge in [0.05, 0.1) is 5.92 Å². The van der Waals surface area contributed by atoms with E-state index in [-0.39, 0.29) is 30.3 Å². The van der Waals surface area contributed by atoms with Gasteiger partial charge < -0.3 is 10.4 Å². The Balaban J connectivity index is 1.70. The van der Waals surface area contributed by atoms with E-state index >= 15 is 0 Å². The van der Waals surface area contributed by atoms with E-state index in [0.29, 0.717) is 17.4 Å². The molecule has 0 aromatic heterocycles.